The summed E-state index contributed by atoms with van der Waals surface area (Å²) in [5.41, 5.74) is 2.85. The molecule has 7 nitrogen and oxygen atoms in total. The Morgan fingerprint density at radius 2 is 1.79 bits per heavy atom. The van der Waals surface area contributed by atoms with Gasteiger partial charge in [0.2, 0.25) is 11.8 Å². The van der Waals surface area contributed by atoms with Crippen LogP contribution in [0.5, 0.6) is 0 Å². The number of rotatable bonds is 8. The molecule has 3 aromatic rings. The van der Waals surface area contributed by atoms with E-state index >= 15 is 0 Å². The lowest BCUT2D eigenvalue weighted by atomic mass is 9.94. The first kappa shape index (κ1) is 25.0. The SMILES string of the molecule is CCC(=O)N1CC(C(=O)N[C@@H](CCN2C3CCC2CC(n2cnc4cc(F)ccc42)C3)c2ccccc2)C1. The van der Waals surface area contributed by atoms with E-state index in [1.807, 2.05) is 37.5 Å². The van der Waals surface area contributed by atoms with E-state index in [-0.39, 0.29) is 29.6 Å². The van der Waals surface area contributed by atoms with Crippen molar-refractivity contribution in [3.63, 3.8) is 0 Å². The minimum atomic E-state index is -0.248. The molecule has 0 saturated carbocycles. The van der Waals surface area contributed by atoms with Gasteiger partial charge in [0.05, 0.1) is 29.3 Å². The van der Waals surface area contributed by atoms with Crippen molar-refractivity contribution in [2.24, 2.45) is 5.92 Å². The van der Waals surface area contributed by atoms with Gasteiger partial charge in [0.25, 0.3) is 0 Å². The molecule has 3 fully saturated rings. The molecule has 1 N–H and O–H groups in total. The molecule has 3 saturated heterocycles. The van der Waals surface area contributed by atoms with Gasteiger partial charge in [0, 0.05) is 50.2 Å². The van der Waals surface area contributed by atoms with E-state index in [0.717, 1.165) is 42.4 Å². The maximum Gasteiger partial charge on any atom is 0.227 e. The second-order valence-electron chi connectivity index (χ2n) is 11.1. The molecule has 3 aliphatic rings. The van der Waals surface area contributed by atoms with Crippen LogP contribution in [0.15, 0.2) is 54.9 Å². The fraction of sp³-hybridized carbons (Fsp3) is 0.500. The van der Waals surface area contributed by atoms with Crippen LogP contribution >= 0.6 is 0 Å². The van der Waals surface area contributed by atoms with Crippen LogP contribution in [-0.4, -0.2) is 62.9 Å². The first-order valence-corrected chi connectivity index (χ1v) is 14.0. The third kappa shape index (κ3) is 4.82. The van der Waals surface area contributed by atoms with E-state index in [0.29, 0.717) is 37.6 Å². The molecular weight excluding hydrogens is 481 g/mol. The van der Waals surface area contributed by atoms with Crippen LogP contribution in [0.25, 0.3) is 11.0 Å². The molecule has 2 amide bonds. The maximum atomic E-state index is 13.7. The summed E-state index contributed by atoms with van der Waals surface area (Å²) in [6, 6.07) is 16.4. The molecule has 8 heteroatoms. The molecule has 0 aliphatic carbocycles. The number of piperidine rings is 1. The molecule has 2 unspecified atom stereocenters. The quantitative estimate of drug-likeness (QED) is 0.479. The third-order valence-corrected chi connectivity index (χ3v) is 8.89. The molecule has 200 valence electrons. The van der Waals surface area contributed by atoms with Crippen LogP contribution in [0.1, 0.15) is 63.1 Å². The molecular formula is C30H36FN5O2. The van der Waals surface area contributed by atoms with Gasteiger partial charge in [-0.05, 0) is 49.8 Å². The summed E-state index contributed by atoms with van der Waals surface area (Å²) in [7, 11) is 0. The summed E-state index contributed by atoms with van der Waals surface area (Å²) in [6.07, 6.45) is 7.71. The molecule has 2 bridgehead atoms. The number of imidazole rings is 1. The van der Waals surface area contributed by atoms with Crippen molar-refractivity contribution in [3.8, 4) is 0 Å². The maximum absolute atomic E-state index is 13.7. The first-order chi connectivity index (χ1) is 18.5. The zero-order valence-corrected chi connectivity index (χ0v) is 21.9. The van der Waals surface area contributed by atoms with Gasteiger partial charge < -0.3 is 14.8 Å². The Balaban J connectivity index is 1.10. The van der Waals surface area contributed by atoms with Crippen molar-refractivity contribution in [1.29, 1.82) is 0 Å². The molecule has 0 spiro atoms. The molecule has 1 aromatic heterocycles. The lowest BCUT2D eigenvalue weighted by Crippen LogP contribution is -2.56. The monoisotopic (exact) mass is 517 g/mol. The summed E-state index contributed by atoms with van der Waals surface area (Å²) < 4.78 is 15.9. The highest BCUT2D eigenvalue weighted by Gasteiger charge is 2.42. The number of likely N-dealkylation sites (tertiary alicyclic amines) is 1. The summed E-state index contributed by atoms with van der Waals surface area (Å²) >= 11 is 0. The van der Waals surface area contributed by atoms with Crippen molar-refractivity contribution in [2.75, 3.05) is 19.6 Å². The van der Waals surface area contributed by atoms with Crippen molar-refractivity contribution in [3.05, 3.63) is 66.2 Å². The van der Waals surface area contributed by atoms with E-state index in [1.165, 1.54) is 25.0 Å². The molecule has 3 atom stereocenters. The number of nitrogens with one attached hydrogen (secondary N) is 1. The molecule has 4 heterocycles. The zero-order valence-electron chi connectivity index (χ0n) is 21.9. The van der Waals surface area contributed by atoms with Crippen LogP contribution in [-0.2, 0) is 9.59 Å². The van der Waals surface area contributed by atoms with Crippen LogP contribution in [0.4, 0.5) is 4.39 Å². The number of nitrogens with zero attached hydrogens (tertiary/aromatic N) is 4. The van der Waals surface area contributed by atoms with Crippen molar-refractivity contribution in [2.45, 2.75) is 69.6 Å². The summed E-state index contributed by atoms with van der Waals surface area (Å²) in [5, 5.41) is 3.31. The predicted molar refractivity (Wildman–Crippen MR) is 144 cm³/mol. The van der Waals surface area contributed by atoms with Gasteiger partial charge in [-0.2, -0.15) is 0 Å². The number of aromatic nitrogens is 2. The first-order valence-electron chi connectivity index (χ1n) is 14.0. The largest absolute Gasteiger partial charge is 0.349 e. The number of carbonyl (C=O) groups is 2. The lowest BCUT2D eigenvalue weighted by Gasteiger charge is -2.41. The standard InChI is InChI=1S/C30H36FN5O2/c1-2-29(37)34-17-21(18-34)30(38)33-26(20-6-4-3-5-7-20)12-13-35-23-9-10-24(35)16-25(15-23)36-19-32-27-14-22(31)8-11-28(27)36/h3-8,11,14,19,21,23-26H,2,9-10,12-13,15-18H2,1H3,(H,33,38)/t23?,24?,25?,26-/m0/s1. The van der Waals surface area contributed by atoms with Crippen LogP contribution < -0.4 is 5.32 Å². The Morgan fingerprint density at radius 3 is 2.50 bits per heavy atom. The average molecular weight is 518 g/mol. The van der Waals surface area contributed by atoms with E-state index in [4.69, 9.17) is 0 Å². The van der Waals surface area contributed by atoms with Gasteiger partial charge in [0.1, 0.15) is 5.82 Å². The van der Waals surface area contributed by atoms with E-state index in [2.05, 4.69) is 31.9 Å². The number of amides is 2. The minimum Gasteiger partial charge on any atom is -0.349 e. The van der Waals surface area contributed by atoms with E-state index in [1.54, 1.807) is 4.90 Å². The highest BCUT2D eigenvalue weighted by atomic mass is 19.1. The van der Waals surface area contributed by atoms with Gasteiger partial charge in [-0.15, -0.1) is 0 Å². The fourth-order valence-corrected chi connectivity index (χ4v) is 6.78. The summed E-state index contributed by atoms with van der Waals surface area (Å²) in [4.78, 5) is 33.8. The highest BCUT2D eigenvalue weighted by molar-refractivity contribution is 5.84. The Labute approximate surface area is 223 Å². The van der Waals surface area contributed by atoms with E-state index < -0.39 is 0 Å². The third-order valence-electron chi connectivity index (χ3n) is 8.89. The van der Waals surface area contributed by atoms with Gasteiger partial charge in [-0.3, -0.25) is 14.5 Å². The number of benzene rings is 2. The zero-order chi connectivity index (χ0) is 26.2. The summed E-state index contributed by atoms with van der Waals surface area (Å²) in [6.45, 7) is 3.83. The topological polar surface area (TPSA) is 70.5 Å². The second-order valence-corrected chi connectivity index (χ2v) is 11.1. The molecule has 2 aromatic carbocycles. The van der Waals surface area contributed by atoms with Crippen molar-refractivity contribution < 1.29 is 14.0 Å². The second kappa shape index (κ2) is 10.5. The van der Waals surface area contributed by atoms with Crippen molar-refractivity contribution in [1.82, 2.24) is 24.7 Å². The van der Waals surface area contributed by atoms with Crippen LogP contribution in [0, 0.1) is 11.7 Å². The van der Waals surface area contributed by atoms with Crippen molar-refractivity contribution >= 4 is 22.8 Å². The van der Waals surface area contributed by atoms with E-state index in [9.17, 15) is 14.0 Å². The minimum absolute atomic E-state index is 0.0455. The number of hydrogen-bond donors (Lipinski definition) is 1. The number of hydrogen-bond acceptors (Lipinski definition) is 4. The normalized spacial score (nSPS) is 24.4. The lowest BCUT2D eigenvalue weighted by molar-refractivity contribution is -0.143. The van der Waals surface area contributed by atoms with Gasteiger partial charge in [-0.1, -0.05) is 37.3 Å². The Morgan fingerprint density at radius 1 is 1.05 bits per heavy atom. The highest BCUT2D eigenvalue weighted by Crippen LogP contribution is 2.42. The van der Waals surface area contributed by atoms with Gasteiger partial charge in [-0.25, -0.2) is 9.37 Å². The number of fused-ring (bicyclic) bond motifs is 3. The van der Waals surface area contributed by atoms with Gasteiger partial charge in [0.15, 0.2) is 0 Å². The smallest absolute Gasteiger partial charge is 0.227 e. The molecule has 6 rings (SSSR count). The molecule has 3 aliphatic heterocycles. The number of halogens is 1. The van der Waals surface area contributed by atoms with Crippen LogP contribution in [0.3, 0.4) is 0 Å². The Bertz CT molecular complexity index is 1290. The molecule has 38 heavy (non-hydrogen) atoms. The average Bonchev–Trinajstić information content (AvgIpc) is 3.42. The van der Waals surface area contributed by atoms with Crippen LogP contribution in [0.2, 0.25) is 0 Å². The number of carbonyl (C=O) groups excluding carboxylic acids is 2. The molecule has 0 radical (unpaired) electrons. The fourth-order valence-electron chi connectivity index (χ4n) is 6.78. The van der Waals surface area contributed by atoms with Gasteiger partial charge >= 0.3 is 0 Å². The predicted octanol–water partition coefficient (Wildman–Crippen LogP) is 4.46. The Kier molecular flexibility index (Phi) is 6.91. The summed E-state index contributed by atoms with van der Waals surface area (Å²) in [5.74, 6) is -0.212. The Hall–Kier alpha value is -3.26.